The molecule has 0 aliphatic carbocycles. The van der Waals surface area contributed by atoms with Gasteiger partial charge in [-0.25, -0.2) is 4.98 Å². The average molecular weight is 449 g/mol. The van der Waals surface area contributed by atoms with Gasteiger partial charge in [0.15, 0.2) is 0 Å². The summed E-state index contributed by atoms with van der Waals surface area (Å²) in [6.45, 7) is 12.9. The van der Waals surface area contributed by atoms with Crippen LogP contribution in [0.1, 0.15) is 27.9 Å². The number of nitrogens with zero attached hydrogens (tertiary/aromatic N) is 3. The maximum Gasteiger partial charge on any atom is 0.229 e. The Hall–Kier alpha value is -2.54. The molecule has 5 nitrogen and oxygen atoms in total. The molecule has 1 aliphatic rings. The molecule has 1 fully saturated rings. The Labute approximate surface area is 195 Å². The Morgan fingerprint density at radius 3 is 2.28 bits per heavy atom. The molecule has 0 bridgehead atoms. The lowest BCUT2D eigenvalue weighted by atomic mass is 10.1. The number of rotatable bonds is 7. The molecule has 4 rings (SSSR count). The van der Waals surface area contributed by atoms with E-state index >= 15 is 0 Å². The molecule has 1 aliphatic heterocycles. The molecule has 6 heteroatoms. The molecule has 0 radical (unpaired) electrons. The van der Waals surface area contributed by atoms with Crippen molar-refractivity contribution < 1.29 is 4.79 Å². The summed E-state index contributed by atoms with van der Waals surface area (Å²) in [5, 5.41) is 4.03. The minimum absolute atomic E-state index is 0.00884. The van der Waals surface area contributed by atoms with E-state index < -0.39 is 0 Å². The van der Waals surface area contributed by atoms with Gasteiger partial charge in [-0.2, -0.15) is 0 Å². The Balaban J connectivity index is 1.34. The summed E-state index contributed by atoms with van der Waals surface area (Å²) >= 11 is 1.59. The minimum Gasteiger partial charge on any atom is -0.326 e. The number of benzene rings is 2. The molecule has 0 saturated carbocycles. The number of carbonyl (C=O) groups is 1. The lowest BCUT2D eigenvalue weighted by Crippen LogP contribution is -2.45. The van der Waals surface area contributed by atoms with E-state index in [0.29, 0.717) is 6.42 Å². The summed E-state index contributed by atoms with van der Waals surface area (Å²) < 4.78 is 0. The summed E-state index contributed by atoms with van der Waals surface area (Å²) in [6, 6.07) is 16.6. The van der Waals surface area contributed by atoms with Crippen LogP contribution in [0.4, 0.5) is 5.69 Å². The zero-order valence-electron chi connectivity index (χ0n) is 19.2. The zero-order valence-corrected chi connectivity index (χ0v) is 20.0. The molecule has 1 amide bonds. The first-order valence-corrected chi connectivity index (χ1v) is 12.2. The number of hydrogen-bond acceptors (Lipinski definition) is 5. The van der Waals surface area contributed by atoms with Gasteiger partial charge in [-0.05, 0) is 38.1 Å². The molecule has 3 aromatic rings. The van der Waals surface area contributed by atoms with Crippen LogP contribution in [0, 0.1) is 13.8 Å². The zero-order chi connectivity index (χ0) is 22.5. The van der Waals surface area contributed by atoms with Gasteiger partial charge < -0.3 is 10.2 Å². The van der Waals surface area contributed by atoms with Gasteiger partial charge in [0.2, 0.25) is 5.91 Å². The Bertz CT molecular complexity index is 1030. The van der Waals surface area contributed by atoms with E-state index in [0.717, 1.165) is 66.1 Å². The third-order valence-corrected chi connectivity index (χ3v) is 6.98. The van der Waals surface area contributed by atoms with Gasteiger partial charge in [-0.15, -0.1) is 11.3 Å². The number of likely N-dealkylation sites (N-methyl/N-ethyl adjacent to an activating group) is 1. The van der Waals surface area contributed by atoms with Gasteiger partial charge in [-0.3, -0.25) is 9.69 Å². The molecule has 2 heterocycles. The summed E-state index contributed by atoms with van der Waals surface area (Å²) in [7, 11) is 0. The highest BCUT2D eigenvalue weighted by Crippen LogP contribution is 2.29. The first kappa shape index (κ1) is 22.6. The fourth-order valence-electron chi connectivity index (χ4n) is 4.09. The van der Waals surface area contributed by atoms with Crippen LogP contribution in [0.25, 0.3) is 11.3 Å². The predicted molar refractivity (Wildman–Crippen MR) is 133 cm³/mol. The number of nitrogens with one attached hydrogen (secondary N) is 1. The molecule has 0 unspecified atom stereocenters. The normalized spacial score (nSPS) is 15.1. The molecule has 1 N–H and O–H groups in total. The maximum atomic E-state index is 12.7. The van der Waals surface area contributed by atoms with Crippen molar-refractivity contribution in [1.82, 2.24) is 14.8 Å². The summed E-state index contributed by atoms with van der Waals surface area (Å²) in [6.07, 6.45) is 0.332. The van der Waals surface area contributed by atoms with Gasteiger partial charge in [0, 0.05) is 48.9 Å². The van der Waals surface area contributed by atoms with E-state index in [-0.39, 0.29) is 5.91 Å². The first-order chi connectivity index (χ1) is 15.5. The summed E-state index contributed by atoms with van der Waals surface area (Å²) in [5.74, 6) is -0.00884. The van der Waals surface area contributed by atoms with Crippen molar-refractivity contribution >= 4 is 22.9 Å². The number of thiazole rings is 1. The van der Waals surface area contributed by atoms with Crippen LogP contribution in [0.2, 0.25) is 0 Å². The fourth-order valence-corrected chi connectivity index (χ4v) is 5.05. The molecular formula is C26H32N4OS. The summed E-state index contributed by atoms with van der Waals surface area (Å²) in [5.41, 5.74) is 5.32. The fraction of sp³-hybridized carbons (Fsp3) is 0.385. The Kier molecular flexibility index (Phi) is 7.35. The van der Waals surface area contributed by atoms with Crippen molar-refractivity contribution in [3.8, 4) is 11.3 Å². The van der Waals surface area contributed by atoms with Gasteiger partial charge in [-0.1, -0.05) is 48.9 Å². The monoisotopic (exact) mass is 448 g/mol. The van der Waals surface area contributed by atoms with E-state index in [1.165, 1.54) is 11.1 Å². The predicted octanol–water partition coefficient (Wildman–Crippen LogP) is 4.75. The Morgan fingerprint density at radius 1 is 0.969 bits per heavy atom. The SMILES string of the molecule is CCN1CCN(Cc2ccc(NC(=O)Cc3sc(C)nc3-c3ccc(C)cc3)cc2)CC1. The van der Waals surface area contributed by atoms with Crippen molar-refractivity contribution in [2.24, 2.45) is 0 Å². The second-order valence-electron chi connectivity index (χ2n) is 8.50. The molecule has 0 spiro atoms. The number of aryl methyl sites for hydroxylation is 2. The number of hydrogen-bond donors (Lipinski definition) is 1. The maximum absolute atomic E-state index is 12.7. The highest BCUT2D eigenvalue weighted by molar-refractivity contribution is 7.12. The lowest BCUT2D eigenvalue weighted by Gasteiger charge is -2.34. The van der Waals surface area contributed by atoms with E-state index in [1.807, 2.05) is 19.1 Å². The van der Waals surface area contributed by atoms with E-state index in [2.05, 4.69) is 70.3 Å². The molecule has 2 aromatic carbocycles. The van der Waals surface area contributed by atoms with Crippen LogP contribution in [0.5, 0.6) is 0 Å². The number of amides is 1. The standard InChI is InChI=1S/C26H32N4OS/c1-4-29-13-15-30(16-14-29)18-21-7-11-23(12-8-21)28-25(31)17-24-26(27-20(3)32-24)22-9-5-19(2)6-10-22/h5-12H,4,13-18H2,1-3H3,(H,28,31). The van der Waals surface area contributed by atoms with Crippen LogP contribution < -0.4 is 5.32 Å². The third kappa shape index (κ3) is 5.82. The average Bonchev–Trinajstić information content (AvgIpc) is 3.16. The molecular weight excluding hydrogens is 416 g/mol. The summed E-state index contributed by atoms with van der Waals surface area (Å²) in [4.78, 5) is 23.4. The van der Waals surface area contributed by atoms with Gasteiger partial charge in [0.25, 0.3) is 0 Å². The van der Waals surface area contributed by atoms with Crippen LogP contribution in [-0.2, 0) is 17.8 Å². The number of aromatic nitrogens is 1. The van der Waals surface area contributed by atoms with Crippen LogP contribution in [-0.4, -0.2) is 53.4 Å². The van der Waals surface area contributed by atoms with Crippen LogP contribution >= 0.6 is 11.3 Å². The molecule has 1 aromatic heterocycles. The van der Waals surface area contributed by atoms with Crippen molar-refractivity contribution in [2.45, 2.75) is 33.7 Å². The van der Waals surface area contributed by atoms with E-state index in [9.17, 15) is 4.79 Å². The highest BCUT2D eigenvalue weighted by atomic mass is 32.1. The molecule has 0 atom stereocenters. The second kappa shape index (κ2) is 10.4. The highest BCUT2D eigenvalue weighted by Gasteiger charge is 2.17. The van der Waals surface area contributed by atoms with Crippen LogP contribution in [0.15, 0.2) is 48.5 Å². The largest absolute Gasteiger partial charge is 0.326 e. The number of anilines is 1. The van der Waals surface area contributed by atoms with Gasteiger partial charge in [0.05, 0.1) is 17.1 Å². The smallest absolute Gasteiger partial charge is 0.229 e. The van der Waals surface area contributed by atoms with Gasteiger partial charge in [0.1, 0.15) is 0 Å². The lowest BCUT2D eigenvalue weighted by molar-refractivity contribution is -0.115. The number of piperazine rings is 1. The third-order valence-electron chi connectivity index (χ3n) is 6.01. The van der Waals surface area contributed by atoms with Crippen molar-refractivity contribution in [3.05, 3.63) is 69.5 Å². The van der Waals surface area contributed by atoms with Gasteiger partial charge >= 0.3 is 0 Å². The van der Waals surface area contributed by atoms with Crippen LogP contribution in [0.3, 0.4) is 0 Å². The van der Waals surface area contributed by atoms with Crippen molar-refractivity contribution in [2.75, 3.05) is 38.0 Å². The minimum atomic E-state index is -0.00884. The molecule has 168 valence electrons. The molecule has 1 saturated heterocycles. The van der Waals surface area contributed by atoms with E-state index in [1.54, 1.807) is 11.3 Å². The van der Waals surface area contributed by atoms with Crippen molar-refractivity contribution in [3.63, 3.8) is 0 Å². The quantitative estimate of drug-likeness (QED) is 0.567. The second-order valence-corrected chi connectivity index (χ2v) is 9.79. The number of carbonyl (C=O) groups excluding carboxylic acids is 1. The first-order valence-electron chi connectivity index (χ1n) is 11.4. The Morgan fingerprint density at radius 2 is 1.62 bits per heavy atom. The van der Waals surface area contributed by atoms with Crippen molar-refractivity contribution in [1.29, 1.82) is 0 Å². The van der Waals surface area contributed by atoms with E-state index in [4.69, 9.17) is 0 Å². The topological polar surface area (TPSA) is 48.5 Å². The molecule has 32 heavy (non-hydrogen) atoms.